The van der Waals surface area contributed by atoms with Gasteiger partial charge in [0.1, 0.15) is 29.5 Å². The number of nitrogens with zero attached hydrogens (tertiary/aromatic N) is 2. The van der Waals surface area contributed by atoms with Crippen molar-refractivity contribution in [3.05, 3.63) is 66.4 Å². The van der Waals surface area contributed by atoms with Crippen LogP contribution < -0.4 is 10.1 Å². The Morgan fingerprint density at radius 1 is 1.12 bits per heavy atom. The number of benzene rings is 2. The Bertz CT molecular complexity index is 1080. The van der Waals surface area contributed by atoms with Crippen molar-refractivity contribution in [1.29, 1.82) is 0 Å². The molecule has 0 atom stereocenters. The average Bonchev–Trinajstić information content (AvgIpc) is 3.18. The molecule has 0 bridgehead atoms. The van der Waals surface area contributed by atoms with Gasteiger partial charge in [0.15, 0.2) is 0 Å². The van der Waals surface area contributed by atoms with E-state index in [0.29, 0.717) is 22.9 Å². The van der Waals surface area contributed by atoms with Crippen LogP contribution in [0.2, 0.25) is 0 Å². The summed E-state index contributed by atoms with van der Waals surface area (Å²) in [5.41, 5.74) is 2.84. The highest BCUT2D eigenvalue weighted by Crippen LogP contribution is 2.36. The predicted molar refractivity (Wildman–Crippen MR) is 98.2 cm³/mol. The third-order valence-electron chi connectivity index (χ3n) is 4.16. The normalized spacial score (nSPS) is 10.9. The van der Waals surface area contributed by atoms with E-state index in [-0.39, 0.29) is 5.82 Å². The van der Waals surface area contributed by atoms with Crippen LogP contribution in [-0.4, -0.2) is 17.1 Å². The van der Waals surface area contributed by atoms with Crippen molar-refractivity contribution in [2.24, 2.45) is 0 Å². The lowest BCUT2D eigenvalue weighted by Gasteiger charge is -2.12. The van der Waals surface area contributed by atoms with Crippen LogP contribution in [0.5, 0.6) is 5.75 Å². The standard InChI is InChI=1S/C20H16FN3O2/c1-12-8-13(5-6-16(12)21)24-20-14-9-15(18-4-3-7-26-18)19(25-2)10-17(14)22-11-23-20/h3-11H,1-2H3,(H,22,23,24). The van der Waals surface area contributed by atoms with Gasteiger partial charge >= 0.3 is 0 Å². The van der Waals surface area contributed by atoms with Crippen molar-refractivity contribution in [3.8, 4) is 17.1 Å². The van der Waals surface area contributed by atoms with Crippen LogP contribution in [0.4, 0.5) is 15.9 Å². The van der Waals surface area contributed by atoms with Gasteiger partial charge in [-0.3, -0.25) is 0 Å². The number of fused-ring (bicyclic) bond motifs is 1. The Hall–Kier alpha value is -3.41. The van der Waals surface area contributed by atoms with E-state index in [0.717, 1.165) is 22.2 Å². The topological polar surface area (TPSA) is 60.2 Å². The molecule has 0 aliphatic heterocycles. The summed E-state index contributed by atoms with van der Waals surface area (Å²) in [4.78, 5) is 8.67. The fourth-order valence-electron chi connectivity index (χ4n) is 2.84. The number of halogens is 1. The highest BCUT2D eigenvalue weighted by Gasteiger charge is 2.14. The summed E-state index contributed by atoms with van der Waals surface area (Å²) in [5.74, 6) is 1.73. The maximum Gasteiger partial charge on any atom is 0.141 e. The van der Waals surface area contributed by atoms with Crippen LogP contribution >= 0.6 is 0 Å². The molecule has 0 aliphatic rings. The fourth-order valence-corrected chi connectivity index (χ4v) is 2.84. The number of rotatable bonds is 4. The number of ether oxygens (including phenoxy) is 1. The lowest BCUT2D eigenvalue weighted by Crippen LogP contribution is -1.98. The number of hydrogen-bond donors (Lipinski definition) is 1. The van der Waals surface area contributed by atoms with Gasteiger partial charge < -0.3 is 14.5 Å². The van der Waals surface area contributed by atoms with Gasteiger partial charge in [-0.15, -0.1) is 0 Å². The molecule has 1 N–H and O–H groups in total. The average molecular weight is 349 g/mol. The molecule has 4 rings (SSSR count). The van der Waals surface area contributed by atoms with Gasteiger partial charge in [-0.2, -0.15) is 0 Å². The highest BCUT2D eigenvalue weighted by atomic mass is 19.1. The molecular weight excluding hydrogens is 333 g/mol. The lowest BCUT2D eigenvalue weighted by molar-refractivity contribution is 0.415. The van der Waals surface area contributed by atoms with Gasteiger partial charge in [-0.05, 0) is 48.9 Å². The third kappa shape index (κ3) is 2.86. The summed E-state index contributed by atoms with van der Waals surface area (Å²) in [6, 6.07) is 12.3. The molecule has 0 unspecified atom stereocenters. The molecule has 0 radical (unpaired) electrons. The smallest absolute Gasteiger partial charge is 0.141 e. The Labute approximate surface area is 149 Å². The van der Waals surface area contributed by atoms with Crippen LogP contribution in [0, 0.1) is 12.7 Å². The number of furan rings is 1. The van der Waals surface area contributed by atoms with E-state index in [9.17, 15) is 4.39 Å². The van der Waals surface area contributed by atoms with Gasteiger partial charge in [0.25, 0.3) is 0 Å². The molecular formula is C20H16FN3O2. The van der Waals surface area contributed by atoms with Gasteiger partial charge in [-0.25, -0.2) is 14.4 Å². The Kier molecular flexibility index (Phi) is 4.01. The first-order valence-electron chi connectivity index (χ1n) is 8.05. The number of methoxy groups -OCH3 is 1. The summed E-state index contributed by atoms with van der Waals surface area (Å²) in [6.45, 7) is 1.72. The number of hydrogen-bond acceptors (Lipinski definition) is 5. The van der Waals surface area contributed by atoms with Crippen molar-refractivity contribution in [1.82, 2.24) is 9.97 Å². The molecule has 4 aromatic rings. The molecule has 26 heavy (non-hydrogen) atoms. The number of anilines is 2. The lowest BCUT2D eigenvalue weighted by atomic mass is 10.1. The maximum absolute atomic E-state index is 13.5. The first-order chi connectivity index (χ1) is 12.7. The first-order valence-corrected chi connectivity index (χ1v) is 8.05. The highest BCUT2D eigenvalue weighted by molar-refractivity contribution is 5.95. The van der Waals surface area contributed by atoms with Crippen molar-refractivity contribution in [3.63, 3.8) is 0 Å². The largest absolute Gasteiger partial charge is 0.496 e. The van der Waals surface area contributed by atoms with Gasteiger partial charge in [-0.1, -0.05) is 0 Å². The van der Waals surface area contributed by atoms with Gasteiger partial charge in [0, 0.05) is 17.1 Å². The number of nitrogens with one attached hydrogen (secondary N) is 1. The molecule has 6 heteroatoms. The first kappa shape index (κ1) is 16.1. The van der Waals surface area contributed by atoms with E-state index in [1.54, 1.807) is 32.4 Å². The van der Waals surface area contributed by atoms with Crippen LogP contribution in [-0.2, 0) is 0 Å². The van der Waals surface area contributed by atoms with Crippen LogP contribution in [0.3, 0.4) is 0 Å². The van der Waals surface area contributed by atoms with Crippen LogP contribution in [0.15, 0.2) is 59.5 Å². The zero-order chi connectivity index (χ0) is 18.1. The monoisotopic (exact) mass is 349 g/mol. The van der Waals surface area contributed by atoms with Crippen LogP contribution in [0.1, 0.15) is 5.56 Å². The van der Waals surface area contributed by atoms with Gasteiger partial charge in [0.05, 0.1) is 24.5 Å². The summed E-state index contributed by atoms with van der Waals surface area (Å²) in [5, 5.41) is 4.04. The van der Waals surface area contributed by atoms with E-state index in [1.807, 2.05) is 24.3 Å². The zero-order valence-corrected chi connectivity index (χ0v) is 14.3. The molecule has 0 amide bonds. The number of aromatic nitrogens is 2. The molecule has 0 saturated heterocycles. The second-order valence-corrected chi connectivity index (χ2v) is 5.86. The molecule has 2 heterocycles. The fraction of sp³-hybridized carbons (Fsp3) is 0.100. The summed E-state index contributed by atoms with van der Waals surface area (Å²) in [6.07, 6.45) is 3.09. The van der Waals surface area contributed by atoms with Crippen molar-refractivity contribution in [2.45, 2.75) is 6.92 Å². The molecule has 2 aromatic carbocycles. The van der Waals surface area contributed by atoms with Crippen LogP contribution in [0.25, 0.3) is 22.2 Å². The van der Waals surface area contributed by atoms with Crippen molar-refractivity contribution < 1.29 is 13.5 Å². The van der Waals surface area contributed by atoms with E-state index in [2.05, 4.69) is 15.3 Å². The summed E-state index contributed by atoms with van der Waals surface area (Å²) in [7, 11) is 1.61. The van der Waals surface area contributed by atoms with Crippen molar-refractivity contribution in [2.75, 3.05) is 12.4 Å². The molecule has 130 valence electrons. The third-order valence-corrected chi connectivity index (χ3v) is 4.16. The molecule has 5 nitrogen and oxygen atoms in total. The minimum atomic E-state index is -0.243. The van der Waals surface area contributed by atoms with E-state index < -0.39 is 0 Å². The maximum atomic E-state index is 13.5. The second-order valence-electron chi connectivity index (χ2n) is 5.86. The zero-order valence-electron chi connectivity index (χ0n) is 14.3. The molecule has 0 saturated carbocycles. The molecule has 2 aromatic heterocycles. The minimum absolute atomic E-state index is 0.243. The molecule has 0 fully saturated rings. The Morgan fingerprint density at radius 2 is 2.00 bits per heavy atom. The van der Waals surface area contributed by atoms with E-state index >= 15 is 0 Å². The van der Waals surface area contributed by atoms with E-state index in [1.165, 1.54) is 12.4 Å². The molecule has 0 aliphatic carbocycles. The van der Waals surface area contributed by atoms with Crippen molar-refractivity contribution >= 4 is 22.4 Å². The minimum Gasteiger partial charge on any atom is -0.496 e. The second kappa shape index (κ2) is 6.48. The predicted octanol–water partition coefficient (Wildman–Crippen LogP) is 5.09. The summed E-state index contributed by atoms with van der Waals surface area (Å²) < 4.78 is 24.5. The SMILES string of the molecule is COc1cc2ncnc(Nc3ccc(F)c(C)c3)c2cc1-c1ccco1. The quantitative estimate of drug-likeness (QED) is 0.556. The molecule has 0 spiro atoms. The Morgan fingerprint density at radius 3 is 2.73 bits per heavy atom. The number of aryl methyl sites for hydroxylation is 1. The van der Waals surface area contributed by atoms with Gasteiger partial charge in [0.2, 0.25) is 0 Å². The Balaban J connectivity index is 1.84. The summed E-state index contributed by atoms with van der Waals surface area (Å²) >= 11 is 0. The van der Waals surface area contributed by atoms with E-state index in [4.69, 9.17) is 9.15 Å².